The number of ether oxygens (including phenoxy) is 1. The molecule has 0 fully saturated rings. The largest absolute Gasteiger partial charge is 0.481 e. The van der Waals surface area contributed by atoms with Crippen molar-refractivity contribution in [2.45, 2.75) is 11.8 Å². The van der Waals surface area contributed by atoms with Crippen LogP contribution in [0.1, 0.15) is 16.7 Å². The van der Waals surface area contributed by atoms with E-state index in [2.05, 4.69) is 77.5 Å². The lowest BCUT2D eigenvalue weighted by atomic mass is 9.97. The van der Waals surface area contributed by atoms with Crippen LogP contribution in [0.3, 0.4) is 0 Å². The molecule has 0 aliphatic rings. The summed E-state index contributed by atoms with van der Waals surface area (Å²) in [6.07, 6.45) is 2.25. The number of benzene rings is 3. The lowest BCUT2D eigenvalue weighted by Gasteiger charge is -2.10. The van der Waals surface area contributed by atoms with E-state index in [0.29, 0.717) is 5.75 Å². The van der Waals surface area contributed by atoms with E-state index in [9.17, 15) is 4.79 Å². The fourth-order valence-corrected chi connectivity index (χ4v) is 4.33. The third kappa shape index (κ3) is 6.24. The highest BCUT2D eigenvalue weighted by molar-refractivity contribution is 9.10. The first kappa shape index (κ1) is 21.2. The second-order valence-electron chi connectivity index (χ2n) is 6.44. The van der Waals surface area contributed by atoms with Gasteiger partial charge in [0.2, 0.25) is 0 Å². The van der Waals surface area contributed by atoms with Gasteiger partial charge in [0.25, 0.3) is 0 Å². The van der Waals surface area contributed by atoms with Crippen LogP contribution in [0.5, 0.6) is 5.75 Å². The van der Waals surface area contributed by atoms with E-state index in [1.807, 2.05) is 18.2 Å². The van der Waals surface area contributed by atoms with Gasteiger partial charge in [0.05, 0.1) is 4.47 Å². The molecule has 0 aliphatic carbocycles. The Labute approximate surface area is 183 Å². The van der Waals surface area contributed by atoms with Crippen molar-refractivity contribution in [3.63, 3.8) is 0 Å². The fraction of sp³-hybridized carbons (Fsp3) is 0.125. The van der Waals surface area contributed by atoms with E-state index in [1.54, 1.807) is 17.8 Å². The van der Waals surface area contributed by atoms with Gasteiger partial charge >= 0.3 is 5.97 Å². The SMILES string of the molecule is Cc1cccc(C(=CCSc2ccc(OCC(=O)O)c(Br)c2)c2ccccc2)c1. The topological polar surface area (TPSA) is 46.5 Å². The Kier molecular flexibility index (Phi) is 7.55. The van der Waals surface area contributed by atoms with Crippen LogP contribution in [0, 0.1) is 6.92 Å². The first-order valence-electron chi connectivity index (χ1n) is 9.12. The van der Waals surface area contributed by atoms with Crippen molar-refractivity contribution < 1.29 is 14.6 Å². The minimum absolute atomic E-state index is 0.356. The first-order chi connectivity index (χ1) is 14.0. The predicted molar refractivity (Wildman–Crippen MR) is 123 cm³/mol. The number of aryl methyl sites for hydroxylation is 1. The third-order valence-electron chi connectivity index (χ3n) is 4.21. The Morgan fingerprint density at radius 3 is 2.48 bits per heavy atom. The highest BCUT2D eigenvalue weighted by Crippen LogP contribution is 2.31. The lowest BCUT2D eigenvalue weighted by Crippen LogP contribution is -2.09. The Bertz CT molecular complexity index is 1020. The van der Waals surface area contributed by atoms with E-state index < -0.39 is 5.97 Å². The molecule has 29 heavy (non-hydrogen) atoms. The standard InChI is InChI=1S/C24H21BrO3S/c1-17-6-5-9-19(14-17)21(18-7-3-2-4-8-18)12-13-29-20-10-11-23(22(25)15-20)28-16-24(26)27/h2-12,14-15H,13,16H2,1H3,(H,26,27). The summed E-state index contributed by atoms with van der Waals surface area (Å²) in [4.78, 5) is 11.7. The van der Waals surface area contributed by atoms with Gasteiger partial charge in [-0.25, -0.2) is 4.79 Å². The number of aliphatic carboxylic acids is 1. The number of thioether (sulfide) groups is 1. The summed E-state index contributed by atoms with van der Waals surface area (Å²) in [5.74, 6) is 0.335. The highest BCUT2D eigenvalue weighted by Gasteiger charge is 2.07. The number of rotatable bonds is 8. The minimum Gasteiger partial charge on any atom is -0.481 e. The quantitative estimate of drug-likeness (QED) is 0.386. The molecule has 0 heterocycles. The van der Waals surface area contributed by atoms with Crippen LogP contribution in [-0.4, -0.2) is 23.4 Å². The number of hydrogen-bond donors (Lipinski definition) is 1. The van der Waals surface area contributed by atoms with Crippen molar-refractivity contribution in [3.8, 4) is 5.75 Å². The molecule has 148 valence electrons. The molecule has 0 bridgehead atoms. The van der Waals surface area contributed by atoms with Gasteiger partial charge in [0, 0.05) is 10.6 Å². The predicted octanol–water partition coefficient (Wildman–Crippen LogP) is 6.44. The van der Waals surface area contributed by atoms with Crippen molar-refractivity contribution in [2.75, 3.05) is 12.4 Å². The molecule has 0 amide bonds. The van der Waals surface area contributed by atoms with Crippen LogP contribution in [-0.2, 0) is 4.79 Å². The molecule has 3 nitrogen and oxygen atoms in total. The van der Waals surface area contributed by atoms with Gasteiger partial charge in [-0.15, -0.1) is 11.8 Å². The van der Waals surface area contributed by atoms with Crippen molar-refractivity contribution in [1.82, 2.24) is 0 Å². The number of carboxylic acid groups (broad SMARTS) is 1. The molecule has 0 saturated carbocycles. The summed E-state index contributed by atoms with van der Waals surface area (Å²) in [6.45, 7) is 1.75. The van der Waals surface area contributed by atoms with E-state index >= 15 is 0 Å². The van der Waals surface area contributed by atoms with E-state index in [4.69, 9.17) is 9.84 Å². The Morgan fingerprint density at radius 2 is 1.79 bits per heavy atom. The zero-order chi connectivity index (χ0) is 20.6. The average Bonchev–Trinajstić information content (AvgIpc) is 2.71. The molecular weight excluding hydrogens is 448 g/mol. The second-order valence-corrected chi connectivity index (χ2v) is 8.39. The van der Waals surface area contributed by atoms with Crippen LogP contribution in [0.2, 0.25) is 0 Å². The molecule has 0 saturated heterocycles. The Morgan fingerprint density at radius 1 is 1.03 bits per heavy atom. The summed E-state index contributed by atoms with van der Waals surface area (Å²) >= 11 is 5.16. The number of hydrogen-bond acceptors (Lipinski definition) is 3. The summed E-state index contributed by atoms with van der Waals surface area (Å²) in [5.41, 5.74) is 4.84. The van der Waals surface area contributed by atoms with Crippen LogP contribution in [0.25, 0.3) is 5.57 Å². The monoisotopic (exact) mass is 468 g/mol. The smallest absolute Gasteiger partial charge is 0.341 e. The maximum atomic E-state index is 10.7. The van der Waals surface area contributed by atoms with Crippen LogP contribution < -0.4 is 4.74 Å². The first-order valence-corrected chi connectivity index (χ1v) is 10.9. The van der Waals surface area contributed by atoms with Crippen LogP contribution in [0.15, 0.2) is 88.2 Å². The molecule has 0 atom stereocenters. The van der Waals surface area contributed by atoms with Crippen LogP contribution >= 0.6 is 27.7 Å². The van der Waals surface area contributed by atoms with Gasteiger partial charge in [-0.2, -0.15) is 0 Å². The van der Waals surface area contributed by atoms with Crippen molar-refractivity contribution in [3.05, 3.63) is 100 Å². The van der Waals surface area contributed by atoms with Crippen molar-refractivity contribution >= 4 is 39.2 Å². The maximum Gasteiger partial charge on any atom is 0.341 e. The molecule has 0 spiro atoms. The van der Waals surface area contributed by atoms with E-state index in [1.165, 1.54) is 22.3 Å². The van der Waals surface area contributed by atoms with E-state index in [-0.39, 0.29) is 6.61 Å². The second kappa shape index (κ2) is 10.3. The van der Waals surface area contributed by atoms with Crippen molar-refractivity contribution in [1.29, 1.82) is 0 Å². The molecule has 0 aromatic heterocycles. The van der Waals surface area contributed by atoms with Gasteiger partial charge < -0.3 is 9.84 Å². The molecule has 5 heteroatoms. The normalized spacial score (nSPS) is 11.3. The molecule has 0 aliphatic heterocycles. The molecule has 0 radical (unpaired) electrons. The molecular formula is C24H21BrO3S. The van der Waals surface area contributed by atoms with Crippen molar-refractivity contribution in [2.24, 2.45) is 0 Å². The maximum absolute atomic E-state index is 10.7. The molecule has 3 aromatic rings. The van der Waals surface area contributed by atoms with Gasteiger partial charge in [0.1, 0.15) is 5.75 Å². The number of carbonyl (C=O) groups is 1. The summed E-state index contributed by atoms with van der Waals surface area (Å²) in [7, 11) is 0. The van der Waals surface area contributed by atoms with E-state index in [0.717, 1.165) is 15.1 Å². The minimum atomic E-state index is -0.995. The van der Waals surface area contributed by atoms with Gasteiger partial charge in [0.15, 0.2) is 6.61 Å². The lowest BCUT2D eigenvalue weighted by molar-refractivity contribution is -0.139. The van der Waals surface area contributed by atoms with Gasteiger partial charge in [-0.05, 0) is 57.8 Å². The Balaban J connectivity index is 1.76. The molecule has 3 rings (SSSR count). The zero-order valence-electron chi connectivity index (χ0n) is 16.0. The van der Waals surface area contributed by atoms with Gasteiger partial charge in [-0.1, -0.05) is 66.2 Å². The third-order valence-corrected chi connectivity index (χ3v) is 5.75. The summed E-state index contributed by atoms with van der Waals surface area (Å²) < 4.78 is 6.00. The zero-order valence-corrected chi connectivity index (χ0v) is 18.4. The fourth-order valence-electron chi connectivity index (χ4n) is 2.88. The highest BCUT2D eigenvalue weighted by atomic mass is 79.9. The average molecular weight is 469 g/mol. The number of halogens is 1. The molecule has 3 aromatic carbocycles. The van der Waals surface area contributed by atoms with Gasteiger partial charge in [-0.3, -0.25) is 0 Å². The number of carboxylic acids is 1. The summed E-state index contributed by atoms with van der Waals surface area (Å²) in [5, 5.41) is 8.74. The van der Waals surface area contributed by atoms with Crippen LogP contribution in [0.4, 0.5) is 0 Å². The molecule has 0 unspecified atom stereocenters. The Hall–Kier alpha value is -2.50. The summed E-state index contributed by atoms with van der Waals surface area (Å²) in [6, 6.07) is 24.6. The molecule has 1 N–H and O–H groups in total.